The third-order valence-electron chi connectivity index (χ3n) is 2.84. The Bertz CT molecular complexity index is 792. The van der Waals surface area contributed by atoms with Gasteiger partial charge in [-0.2, -0.15) is 5.10 Å². The van der Waals surface area contributed by atoms with Crippen molar-refractivity contribution in [2.75, 3.05) is 6.26 Å². The first-order valence-electron chi connectivity index (χ1n) is 5.74. The second-order valence-electron chi connectivity index (χ2n) is 4.26. The number of hydrogen-bond acceptors (Lipinski definition) is 5. The van der Waals surface area contributed by atoms with Gasteiger partial charge in [0.2, 0.25) is 0 Å². The van der Waals surface area contributed by atoms with Crippen LogP contribution in [0.15, 0.2) is 40.2 Å². The molecule has 0 spiro atoms. The van der Waals surface area contributed by atoms with E-state index in [1.807, 2.05) is 0 Å². The molecule has 1 aromatic heterocycles. The van der Waals surface area contributed by atoms with Crippen molar-refractivity contribution in [2.24, 2.45) is 0 Å². The van der Waals surface area contributed by atoms with Crippen molar-refractivity contribution >= 4 is 16.1 Å². The first-order chi connectivity index (χ1) is 9.43. The summed E-state index contributed by atoms with van der Waals surface area (Å²) >= 11 is 0. The smallest absolute Gasteiger partial charge is 0.268 e. The van der Waals surface area contributed by atoms with Gasteiger partial charge in [0.05, 0.1) is 11.1 Å². The van der Waals surface area contributed by atoms with Gasteiger partial charge in [-0.25, -0.2) is 13.5 Å². The molecule has 0 bridgehead atoms. The van der Waals surface area contributed by atoms with Gasteiger partial charge in [0.1, 0.15) is 6.29 Å². The van der Waals surface area contributed by atoms with Crippen LogP contribution in [0.4, 0.5) is 0 Å². The number of aromatic amines is 1. The number of hydrogen-bond donors (Lipinski definition) is 1. The molecular formula is C13H12N2O4S. The Kier molecular flexibility index (Phi) is 3.80. The molecule has 0 saturated carbocycles. The number of aldehydes is 1. The van der Waals surface area contributed by atoms with Crippen molar-refractivity contribution in [3.8, 4) is 11.1 Å². The fourth-order valence-electron chi connectivity index (χ4n) is 1.84. The van der Waals surface area contributed by atoms with Gasteiger partial charge < -0.3 is 4.79 Å². The van der Waals surface area contributed by atoms with Crippen molar-refractivity contribution in [3.63, 3.8) is 0 Å². The zero-order valence-electron chi connectivity index (χ0n) is 10.7. The average molecular weight is 292 g/mol. The van der Waals surface area contributed by atoms with Crippen LogP contribution in [0.25, 0.3) is 11.1 Å². The van der Waals surface area contributed by atoms with Gasteiger partial charge >= 0.3 is 0 Å². The standard InChI is InChI=1S/C13H12N2O4S/c1-20(18,19)10-4-2-9(3-5-10)12-8-14-15-13(17)11(12)6-7-16/h2-5,7-8H,6H2,1H3,(H,15,17). The number of benzene rings is 1. The van der Waals surface area contributed by atoms with E-state index < -0.39 is 15.4 Å². The molecule has 0 aliphatic carbocycles. The summed E-state index contributed by atoms with van der Waals surface area (Å²) in [4.78, 5) is 22.5. The lowest BCUT2D eigenvalue weighted by Gasteiger charge is -2.06. The molecule has 1 aromatic carbocycles. The van der Waals surface area contributed by atoms with Crippen LogP contribution in [0.3, 0.4) is 0 Å². The minimum atomic E-state index is -3.27. The molecule has 0 unspecified atom stereocenters. The minimum Gasteiger partial charge on any atom is -0.303 e. The Morgan fingerprint density at radius 2 is 1.90 bits per heavy atom. The lowest BCUT2D eigenvalue weighted by Crippen LogP contribution is -2.15. The van der Waals surface area contributed by atoms with Crippen LogP contribution < -0.4 is 5.56 Å². The molecule has 1 heterocycles. The summed E-state index contributed by atoms with van der Waals surface area (Å²) in [6, 6.07) is 6.08. The molecule has 6 nitrogen and oxygen atoms in total. The van der Waals surface area contributed by atoms with E-state index >= 15 is 0 Å². The van der Waals surface area contributed by atoms with Gasteiger partial charge in [-0.15, -0.1) is 0 Å². The largest absolute Gasteiger partial charge is 0.303 e. The average Bonchev–Trinajstić information content (AvgIpc) is 2.40. The summed E-state index contributed by atoms with van der Waals surface area (Å²) in [6.07, 6.45) is 3.17. The topological polar surface area (TPSA) is 97.0 Å². The predicted molar refractivity (Wildman–Crippen MR) is 73.2 cm³/mol. The molecule has 0 fully saturated rings. The maximum Gasteiger partial charge on any atom is 0.268 e. The predicted octanol–water partition coefficient (Wildman–Crippen LogP) is 0.582. The number of nitrogens with zero attached hydrogens (tertiary/aromatic N) is 1. The normalized spacial score (nSPS) is 11.2. The Hall–Kier alpha value is -2.28. The highest BCUT2D eigenvalue weighted by molar-refractivity contribution is 7.90. The van der Waals surface area contributed by atoms with Crippen molar-refractivity contribution in [1.82, 2.24) is 10.2 Å². The molecule has 2 rings (SSSR count). The first kappa shape index (κ1) is 14.1. The molecule has 0 aliphatic rings. The van der Waals surface area contributed by atoms with Gasteiger partial charge in [-0.3, -0.25) is 4.79 Å². The maximum atomic E-state index is 11.7. The lowest BCUT2D eigenvalue weighted by molar-refractivity contribution is -0.107. The number of rotatable bonds is 4. The lowest BCUT2D eigenvalue weighted by atomic mass is 10.0. The fraction of sp³-hybridized carbons (Fsp3) is 0.154. The maximum absolute atomic E-state index is 11.7. The highest BCUT2D eigenvalue weighted by Gasteiger charge is 2.11. The third kappa shape index (κ3) is 2.83. The minimum absolute atomic E-state index is 0.0268. The van der Waals surface area contributed by atoms with E-state index in [-0.39, 0.29) is 11.3 Å². The quantitative estimate of drug-likeness (QED) is 0.831. The van der Waals surface area contributed by atoms with Crippen LogP contribution in [-0.2, 0) is 21.1 Å². The molecule has 0 aliphatic heterocycles. The molecule has 7 heteroatoms. The summed E-state index contributed by atoms with van der Waals surface area (Å²) in [5.74, 6) is 0. The highest BCUT2D eigenvalue weighted by atomic mass is 32.2. The second kappa shape index (κ2) is 5.38. The van der Waals surface area contributed by atoms with Crippen LogP contribution in [0, 0.1) is 0 Å². The van der Waals surface area contributed by atoms with Crippen molar-refractivity contribution in [3.05, 3.63) is 46.4 Å². The van der Waals surface area contributed by atoms with Crippen LogP contribution >= 0.6 is 0 Å². The number of carbonyl (C=O) groups excluding carboxylic acids is 1. The Morgan fingerprint density at radius 1 is 1.25 bits per heavy atom. The molecule has 0 atom stereocenters. The third-order valence-corrected chi connectivity index (χ3v) is 3.97. The number of sulfone groups is 1. The Balaban J connectivity index is 2.55. The van der Waals surface area contributed by atoms with E-state index in [9.17, 15) is 18.0 Å². The Labute approximate surface area is 115 Å². The zero-order valence-corrected chi connectivity index (χ0v) is 11.5. The monoisotopic (exact) mass is 292 g/mol. The van der Waals surface area contributed by atoms with E-state index in [4.69, 9.17) is 0 Å². The molecule has 104 valence electrons. The van der Waals surface area contributed by atoms with Crippen LogP contribution in [-0.4, -0.2) is 31.2 Å². The number of nitrogens with one attached hydrogen (secondary N) is 1. The molecular weight excluding hydrogens is 280 g/mol. The van der Waals surface area contributed by atoms with E-state index in [0.717, 1.165) is 6.26 Å². The van der Waals surface area contributed by atoms with Crippen LogP contribution in [0.5, 0.6) is 0 Å². The van der Waals surface area contributed by atoms with Gasteiger partial charge in [0.15, 0.2) is 9.84 Å². The van der Waals surface area contributed by atoms with Gasteiger partial charge in [-0.05, 0) is 17.7 Å². The second-order valence-corrected chi connectivity index (χ2v) is 6.27. The van der Waals surface area contributed by atoms with Crippen LogP contribution in [0.1, 0.15) is 5.56 Å². The number of aromatic nitrogens is 2. The zero-order chi connectivity index (χ0) is 14.8. The summed E-state index contributed by atoms with van der Waals surface area (Å²) in [6.45, 7) is 0. The SMILES string of the molecule is CS(=O)(=O)c1ccc(-c2cn[nH]c(=O)c2CC=O)cc1. The van der Waals surface area contributed by atoms with Crippen molar-refractivity contribution < 1.29 is 13.2 Å². The number of carbonyl (C=O) groups is 1. The molecule has 2 aromatic rings. The van der Waals surface area contributed by atoms with Crippen LogP contribution in [0.2, 0.25) is 0 Å². The summed E-state index contributed by atoms with van der Waals surface area (Å²) in [5.41, 5.74) is 1.03. The molecule has 0 saturated heterocycles. The van der Waals surface area contributed by atoms with E-state index in [0.29, 0.717) is 23.0 Å². The van der Waals surface area contributed by atoms with E-state index in [1.54, 1.807) is 12.1 Å². The Morgan fingerprint density at radius 3 is 2.45 bits per heavy atom. The van der Waals surface area contributed by atoms with Gasteiger partial charge in [0.25, 0.3) is 5.56 Å². The summed E-state index contributed by atoms with van der Waals surface area (Å²) in [7, 11) is -3.27. The molecule has 0 radical (unpaired) electrons. The van der Waals surface area contributed by atoms with Crippen molar-refractivity contribution in [2.45, 2.75) is 11.3 Å². The molecule has 20 heavy (non-hydrogen) atoms. The summed E-state index contributed by atoms with van der Waals surface area (Å²) in [5, 5.41) is 5.97. The number of H-pyrrole nitrogens is 1. The van der Waals surface area contributed by atoms with E-state index in [2.05, 4.69) is 10.2 Å². The van der Waals surface area contributed by atoms with E-state index in [1.165, 1.54) is 18.3 Å². The van der Waals surface area contributed by atoms with Crippen molar-refractivity contribution in [1.29, 1.82) is 0 Å². The van der Waals surface area contributed by atoms with Gasteiger partial charge in [-0.1, -0.05) is 12.1 Å². The summed E-state index contributed by atoms with van der Waals surface area (Å²) < 4.78 is 22.8. The first-order valence-corrected chi connectivity index (χ1v) is 7.63. The highest BCUT2D eigenvalue weighted by Crippen LogP contribution is 2.22. The van der Waals surface area contributed by atoms with Gasteiger partial charge in [0, 0.05) is 23.8 Å². The molecule has 1 N–H and O–H groups in total. The fourth-order valence-corrected chi connectivity index (χ4v) is 2.47. The molecule has 0 amide bonds.